The van der Waals surface area contributed by atoms with Crippen LogP contribution in [0.5, 0.6) is 0 Å². The van der Waals surface area contributed by atoms with Crippen LogP contribution in [0.2, 0.25) is 0 Å². The smallest absolute Gasteiger partial charge is 0.101 e. The van der Waals surface area contributed by atoms with Crippen molar-refractivity contribution in [3.63, 3.8) is 0 Å². The summed E-state index contributed by atoms with van der Waals surface area (Å²) in [6, 6.07) is 10.5. The Bertz CT molecular complexity index is 920. The molecule has 0 saturated heterocycles. The third kappa shape index (κ3) is 2.57. The van der Waals surface area contributed by atoms with Crippen LogP contribution >= 0.6 is 15.9 Å². The van der Waals surface area contributed by atoms with Crippen molar-refractivity contribution in [1.82, 2.24) is 14.6 Å². The summed E-state index contributed by atoms with van der Waals surface area (Å²) in [4.78, 5) is 4.51. The summed E-state index contributed by atoms with van der Waals surface area (Å²) in [5.41, 5.74) is 4.26. The van der Waals surface area contributed by atoms with Crippen molar-refractivity contribution in [3.05, 3.63) is 46.7 Å². The van der Waals surface area contributed by atoms with Crippen LogP contribution in [0.1, 0.15) is 24.8 Å². The average Bonchev–Trinajstić information content (AvgIpc) is 2.95. The standard InChI is InChI=1S/C17H14BrN5/c18-14-10-20-16(7-15(14)22-12-2-1-3-12)17-5-4-13-6-11(8-19)9-21-23(13)17/h4-7,9-10,12H,1-3H2,(H,20,22). The first-order valence-electron chi connectivity index (χ1n) is 7.55. The molecule has 0 aromatic carbocycles. The van der Waals surface area contributed by atoms with Gasteiger partial charge in [-0.1, -0.05) is 0 Å². The predicted octanol–water partition coefficient (Wildman–Crippen LogP) is 3.99. The van der Waals surface area contributed by atoms with Crippen molar-refractivity contribution in [3.8, 4) is 17.5 Å². The number of hydrogen-bond acceptors (Lipinski definition) is 4. The molecule has 0 atom stereocenters. The third-order valence-corrected chi connectivity index (χ3v) is 4.84. The van der Waals surface area contributed by atoms with Gasteiger partial charge in [-0.25, -0.2) is 4.52 Å². The van der Waals surface area contributed by atoms with Gasteiger partial charge in [-0.2, -0.15) is 10.4 Å². The van der Waals surface area contributed by atoms with E-state index in [0.29, 0.717) is 11.6 Å². The highest BCUT2D eigenvalue weighted by atomic mass is 79.9. The summed E-state index contributed by atoms with van der Waals surface area (Å²) in [6.07, 6.45) is 7.12. The second-order valence-electron chi connectivity index (χ2n) is 5.73. The minimum atomic E-state index is 0.554. The van der Waals surface area contributed by atoms with Crippen molar-refractivity contribution in [2.45, 2.75) is 25.3 Å². The molecule has 1 saturated carbocycles. The van der Waals surface area contributed by atoms with Gasteiger partial charge < -0.3 is 5.32 Å². The Morgan fingerprint density at radius 1 is 1.26 bits per heavy atom. The predicted molar refractivity (Wildman–Crippen MR) is 92.1 cm³/mol. The van der Waals surface area contributed by atoms with Gasteiger partial charge in [-0.3, -0.25) is 4.98 Å². The molecule has 0 unspecified atom stereocenters. The fourth-order valence-electron chi connectivity index (χ4n) is 2.72. The molecule has 3 aromatic heterocycles. The van der Waals surface area contributed by atoms with E-state index in [2.05, 4.69) is 37.4 Å². The molecule has 23 heavy (non-hydrogen) atoms. The van der Waals surface area contributed by atoms with E-state index < -0.39 is 0 Å². The van der Waals surface area contributed by atoms with Gasteiger partial charge in [-0.05, 0) is 59.5 Å². The van der Waals surface area contributed by atoms with Gasteiger partial charge in [-0.15, -0.1) is 0 Å². The number of nitrogens with zero attached hydrogens (tertiary/aromatic N) is 4. The molecule has 4 rings (SSSR count). The Labute approximate surface area is 142 Å². The molecule has 3 heterocycles. The second-order valence-corrected chi connectivity index (χ2v) is 6.59. The van der Waals surface area contributed by atoms with E-state index in [9.17, 15) is 0 Å². The molecular weight excluding hydrogens is 354 g/mol. The molecule has 3 aromatic rings. The molecule has 5 nitrogen and oxygen atoms in total. The molecule has 0 aliphatic heterocycles. The quantitative estimate of drug-likeness (QED) is 0.759. The van der Waals surface area contributed by atoms with Gasteiger partial charge in [0.1, 0.15) is 6.07 Å². The Kier molecular flexibility index (Phi) is 3.50. The number of rotatable bonds is 3. The van der Waals surface area contributed by atoms with E-state index >= 15 is 0 Å². The zero-order valence-corrected chi connectivity index (χ0v) is 13.9. The number of nitriles is 1. The largest absolute Gasteiger partial charge is 0.381 e. The number of aromatic nitrogens is 3. The van der Waals surface area contributed by atoms with Crippen molar-refractivity contribution >= 4 is 27.1 Å². The molecule has 0 bridgehead atoms. The van der Waals surface area contributed by atoms with Crippen LogP contribution in [-0.2, 0) is 0 Å². The van der Waals surface area contributed by atoms with Crippen LogP contribution in [0.3, 0.4) is 0 Å². The lowest BCUT2D eigenvalue weighted by atomic mass is 9.93. The highest BCUT2D eigenvalue weighted by Gasteiger charge is 2.18. The lowest BCUT2D eigenvalue weighted by Crippen LogP contribution is -2.27. The topological polar surface area (TPSA) is 66.0 Å². The van der Waals surface area contributed by atoms with Crippen molar-refractivity contribution in [2.24, 2.45) is 0 Å². The highest BCUT2D eigenvalue weighted by Crippen LogP contribution is 2.31. The van der Waals surface area contributed by atoms with Crippen LogP contribution < -0.4 is 5.32 Å². The summed E-state index contributed by atoms with van der Waals surface area (Å²) in [6.45, 7) is 0. The van der Waals surface area contributed by atoms with Gasteiger partial charge in [0.25, 0.3) is 0 Å². The van der Waals surface area contributed by atoms with Gasteiger partial charge in [0.15, 0.2) is 0 Å². The minimum absolute atomic E-state index is 0.554. The first kappa shape index (κ1) is 14.2. The molecule has 1 N–H and O–H groups in total. The first-order chi connectivity index (χ1) is 11.2. The molecule has 0 radical (unpaired) electrons. The van der Waals surface area contributed by atoms with E-state index in [4.69, 9.17) is 5.26 Å². The Morgan fingerprint density at radius 3 is 2.87 bits per heavy atom. The fourth-order valence-corrected chi connectivity index (χ4v) is 3.05. The second kappa shape index (κ2) is 5.67. The fraction of sp³-hybridized carbons (Fsp3) is 0.235. The monoisotopic (exact) mass is 367 g/mol. The van der Waals surface area contributed by atoms with Crippen LogP contribution in [0, 0.1) is 11.3 Å². The molecule has 1 aliphatic carbocycles. The molecule has 114 valence electrons. The van der Waals surface area contributed by atoms with Crippen molar-refractivity contribution in [1.29, 1.82) is 5.26 Å². The normalized spacial score (nSPS) is 14.4. The maximum atomic E-state index is 8.98. The summed E-state index contributed by atoms with van der Waals surface area (Å²) in [5.74, 6) is 0. The summed E-state index contributed by atoms with van der Waals surface area (Å²) in [5, 5.41) is 16.9. The SMILES string of the molecule is N#Cc1cnn2c(-c3cc(NC4CCC4)c(Br)cn3)ccc2c1. The summed E-state index contributed by atoms with van der Waals surface area (Å²) in [7, 11) is 0. The number of halogens is 1. The number of fused-ring (bicyclic) bond motifs is 1. The molecule has 6 heteroatoms. The molecule has 0 amide bonds. The lowest BCUT2D eigenvalue weighted by molar-refractivity contribution is 0.445. The number of nitrogens with one attached hydrogen (secondary N) is 1. The van der Waals surface area contributed by atoms with Gasteiger partial charge >= 0.3 is 0 Å². The van der Waals surface area contributed by atoms with E-state index in [0.717, 1.165) is 27.1 Å². The zero-order chi connectivity index (χ0) is 15.8. The van der Waals surface area contributed by atoms with Crippen LogP contribution in [0.25, 0.3) is 16.9 Å². The Hall–Kier alpha value is -2.39. The van der Waals surface area contributed by atoms with E-state index in [1.165, 1.54) is 19.3 Å². The Balaban J connectivity index is 1.75. The number of pyridine rings is 1. The molecule has 1 aliphatic rings. The van der Waals surface area contributed by atoms with E-state index in [-0.39, 0.29) is 0 Å². The molecular formula is C17H14BrN5. The van der Waals surface area contributed by atoms with Crippen molar-refractivity contribution in [2.75, 3.05) is 5.32 Å². The van der Waals surface area contributed by atoms with Gasteiger partial charge in [0.2, 0.25) is 0 Å². The average molecular weight is 368 g/mol. The van der Waals surface area contributed by atoms with Crippen molar-refractivity contribution < 1.29 is 0 Å². The van der Waals surface area contributed by atoms with Gasteiger partial charge in [0.05, 0.1) is 38.8 Å². The maximum Gasteiger partial charge on any atom is 0.101 e. The molecule has 0 spiro atoms. The van der Waals surface area contributed by atoms with Crippen LogP contribution in [0.4, 0.5) is 5.69 Å². The van der Waals surface area contributed by atoms with Crippen LogP contribution in [0.15, 0.2) is 41.1 Å². The minimum Gasteiger partial charge on any atom is -0.381 e. The number of hydrogen-bond donors (Lipinski definition) is 1. The summed E-state index contributed by atoms with van der Waals surface area (Å²) < 4.78 is 2.78. The van der Waals surface area contributed by atoms with Crippen LogP contribution in [-0.4, -0.2) is 20.6 Å². The summed E-state index contributed by atoms with van der Waals surface area (Å²) >= 11 is 3.56. The lowest BCUT2D eigenvalue weighted by Gasteiger charge is -2.28. The zero-order valence-electron chi connectivity index (χ0n) is 12.3. The highest BCUT2D eigenvalue weighted by molar-refractivity contribution is 9.10. The Morgan fingerprint density at radius 2 is 2.13 bits per heavy atom. The van der Waals surface area contributed by atoms with E-state index in [1.54, 1.807) is 6.20 Å². The number of anilines is 1. The molecule has 1 fully saturated rings. The third-order valence-electron chi connectivity index (χ3n) is 4.21. The van der Waals surface area contributed by atoms with E-state index in [1.807, 2.05) is 35.0 Å². The first-order valence-corrected chi connectivity index (χ1v) is 8.34. The van der Waals surface area contributed by atoms with Gasteiger partial charge in [0, 0.05) is 12.2 Å². The maximum absolute atomic E-state index is 8.98.